The third kappa shape index (κ3) is 6.45. The van der Waals surface area contributed by atoms with Crippen molar-refractivity contribution in [3.05, 3.63) is 127 Å². The number of hydrogen-bond acceptors (Lipinski definition) is 5. The summed E-state index contributed by atoms with van der Waals surface area (Å²) in [5, 5.41) is 18.3. The molecular formula is C45H44Cl2N6O4. The molecule has 3 aromatic carbocycles. The number of carboxylic acids is 1. The molecule has 8 rings (SSSR count). The van der Waals surface area contributed by atoms with Crippen LogP contribution in [-0.4, -0.2) is 54.0 Å². The Hall–Kier alpha value is -5.58. The fourth-order valence-corrected chi connectivity index (χ4v) is 9.06. The van der Waals surface area contributed by atoms with Gasteiger partial charge in [0.1, 0.15) is 22.8 Å². The molecule has 1 N–H and O–H groups in total. The van der Waals surface area contributed by atoms with Crippen LogP contribution >= 0.6 is 23.2 Å². The van der Waals surface area contributed by atoms with Crippen molar-refractivity contribution in [2.24, 2.45) is 7.05 Å². The molecule has 4 aromatic heterocycles. The number of ether oxygens (including phenoxy) is 1. The smallest absolute Gasteiger partial charge is 0.340 e. The molecule has 292 valence electrons. The molecule has 12 heteroatoms. The van der Waals surface area contributed by atoms with Crippen LogP contribution in [-0.2, 0) is 20.0 Å². The fraction of sp³-hybridized carbons (Fsp3) is 0.289. The fourth-order valence-electron chi connectivity index (χ4n) is 8.70. The van der Waals surface area contributed by atoms with E-state index < -0.39 is 5.97 Å². The van der Waals surface area contributed by atoms with Crippen LogP contribution in [0.25, 0.3) is 32.9 Å². The zero-order valence-corrected chi connectivity index (χ0v) is 34.6. The molecule has 0 aliphatic carbocycles. The Bertz CT molecular complexity index is 2760. The number of aromatic carboxylic acids is 1. The summed E-state index contributed by atoms with van der Waals surface area (Å²) < 4.78 is 12.2. The predicted molar refractivity (Wildman–Crippen MR) is 227 cm³/mol. The summed E-state index contributed by atoms with van der Waals surface area (Å²) in [7, 11) is 1.91. The summed E-state index contributed by atoms with van der Waals surface area (Å²) in [4.78, 5) is 35.2. The van der Waals surface area contributed by atoms with E-state index in [0.29, 0.717) is 46.9 Å². The third-order valence-corrected chi connectivity index (χ3v) is 12.2. The molecule has 1 amide bonds. The van der Waals surface area contributed by atoms with Crippen LogP contribution in [0.4, 0.5) is 5.82 Å². The number of fused-ring (bicyclic) bond motifs is 4. The van der Waals surface area contributed by atoms with Crippen molar-refractivity contribution < 1.29 is 19.4 Å². The highest BCUT2D eigenvalue weighted by molar-refractivity contribution is 6.35. The summed E-state index contributed by atoms with van der Waals surface area (Å²) in [6.07, 6.45) is 1.13. The molecule has 0 saturated heterocycles. The van der Waals surface area contributed by atoms with Crippen molar-refractivity contribution in [3.63, 3.8) is 0 Å². The van der Waals surface area contributed by atoms with Gasteiger partial charge in [0.2, 0.25) is 0 Å². The van der Waals surface area contributed by atoms with Crippen LogP contribution < -0.4 is 9.64 Å². The second kappa shape index (κ2) is 14.7. The number of carboxylic acid groups (broad SMARTS) is 1. The molecule has 57 heavy (non-hydrogen) atoms. The number of halogens is 2. The lowest BCUT2D eigenvalue weighted by molar-refractivity contribution is 0.0699. The highest BCUT2D eigenvalue weighted by Gasteiger charge is 2.40. The minimum absolute atomic E-state index is 0.0807. The molecule has 5 heterocycles. The summed E-state index contributed by atoms with van der Waals surface area (Å²) in [5.41, 5.74) is 10.1. The quantitative estimate of drug-likeness (QED) is 0.138. The van der Waals surface area contributed by atoms with E-state index in [2.05, 4.69) is 11.5 Å². The van der Waals surface area contributed by atoms with Gasteiger partial charge in [-0.3, -0.25) is 19.4 Å². The van der Waals surface area contributed by atoms with Crippen molar-refractivity contribution >= 4 is 62.7 Å². The first-order chi connectivity index (χ1) is 27.3. The van der Waals surface area contributed by atoms with Crippen LogP contribution in [0.5, 0.6) is 5.75 Å². The van der Waals surface area contributed by atoms with E-state index in [1.807, 2.05) is 112 Å². The van der Waals surface area contributed by atoms with Crippen molar-refractivity contribution in [2.75, 3.05) is 18.1 Å². The molecule has 0 fully saturated rings. The van der Waals surface area contributed by atoms with Crippen molar-refractivity contribution in [2.45, 2.75) is 67.0 Å². The van der Waals surface area contributed by atoms with Gasteiger partial charge in [0.15, 0.2) is 0 Å². The summed E-state index contributed by atoms with van der Waals surface area (Å²) >= 11 is 13.6. The van der Waals surface area contributed by atoms with Gasteiger partial charge in [0.25, 0.3) is 5.91 Å². The number of carbonyl (C=O) groups is 2. The first-order valence-corrected chi connectivity index (χ1v) is 19.9. The Morgan fingerprint density at radius 3 is 2.37 bits per heavy atom. The number of para-hydroxylation sites is 1. The first-order valence-electron chi connectivity index (χ1n) is 19.1. The maximum absolute atomic E-state index is 15.5. The van der Waals surface area contributed by atoms with E-state index in [0.717, 1.165) is 72.3 Å². The largest absolute Gasteiger partial charge is 0.494 e. The summed E-state index contributed by atoms with van der Waals surface area (Å²) in [5.74, 6) is -0.317. The van der Waals surface area contributed by atoms with Gasteiger partial charge in [-0.1, -0.05) is 53.5 Å². The average Bonchev–Trinajstić information content (AvgIpc) is 3.76. The molecule has 0 bridgehead atoms. The van der Waals surface area contributed by atoms with Crippen LogP contribution in [0.1, 0.15) is 79.7 Å². The lowest BCUT2D eigenvalue weighted by Crippen LogP contribution is -2.44. The third-order valence-electron chi connectivity index (χ3n) is 11.2. The van der Waals surface area contributed by atoms with Gasteiger partial charge < -0.3 is 19.0 Å². The first kappa shape index (κ1) is 38.3. The van der Waals surface area contributed by atoms with E-state index >= 15 is 4.79 Å². The Kier molecular flexibility index (Phi) is 9.90. The normalized spacial score (nSPS) is 14.2. The number of pyridine rings is 1. The molecule has 1 aliphatic heterocycles. The number of aromatic nitrogens is 5. The van der Waals surface area contributed by atoms with Crippen molar-refractivity contribution in [3.8, 4) is 16.9 Å². The maximum Gasteiger partial charge on any atom is 0.340 e. The number of carbonyl (C=O) groups excluding carboxylic acids is 1. The zero-order chi connectivity index (χ0) is 40.4. The summed E-state index contributed by atoms with van der Waals surface area (Å²) in [6.45, 7) is 12.8. The van der Waals surface area contributed by atoms with Gasteiger partial charge in [0.05, 0.1) is 40.6 Å². The van der Waals surface area contributed by atoms with E-state index in [4.69, 9.17) is 38.0 Å². The Morgan fingerprint density at radius 1 is 0.947 bits per heavy atom. The highest BCUT2D eigenvalue weighted by Crippen LogP contribution is 2.46. The minimum atomic E-state index is -1.11. The van der Waals surface area contributed by atoms with E-state index in [9.17, 15) is 9.90 Å². The Balaban J connectivity index is 1.31. The molecule has 0 spiro atoms. The van der Waals surface area contributed by atoms with Gasteiger partial charge >= 0.3 is 5.97 Å². The molecule has 1 atom stereocenters. The monoisotopic (exact) mass is 802 g/mol. The van der Waals surface area contributed by atoms with Crippen LogP contribution in [0.15, 0.2) is 66.7 Å². The lowest BCUT2D eigenvalue weighted by Gasteiger charge is -2.35. The minimum Gasteiger partial charge on any atom is -0.494 e. The maximum atomic E-state index is 15.5. The van der Waals surface area contributed by atoms with E-state index in [1.54, 1.807) is 11.0 Å². The van der Waals surface area contributed by atoms with Gasteiger partial charge in [-0.15, -0.1) is 0 Å². The SMILES string of the molecule is Cc1cccc(Cn2c(N3C[C@@H](C)n4c(c(CCCOc5cc(C)c(Cl)c(C)c5)c5ccc(Cl)c(-c6c(C)nn(C)c6C)c54)C3=O)c(C(=O)O)c3ccccc32)n1. The zero-order valence-electron chi connectivity index (χ0n) is 33.1. The lowest BCUT2D eigenvalue weighted by atomic mass is 9.98. The topological polar surface area (TPSA) is 107 Å². The molecule has 0 unspecified atom stereocenters. The number of nitrogens with zero attached hydrogens (tertiary/aromatic N) is 6. The van der Waals surface area contributed by atoms with Gasteiger partial charge in [-0.05, 0) is 107 Å². The predicted octanol–water partition coefficient (Wildman–Crippen LogP) is 10.2. The number of aryl methyl sites for hydroxylation is 6. The number of benzene rings is 3. The van der Waals surface area contributed by atoms with Crippen LogP contribution in [0.3, 0.4) is 0 Å². The molecular weight excluding hydrogens is 759 g/mol. The standard InChI is InChI=1S/C45H44Cl2N6O4/c1-24-20-31(21-25(2)40(24)47)57-19-11-15-32-33-17-18-35(46)39(37-28(5)49-50(7)29(37)6)41(33)53-27(4)22-52(44(54)42(32)53)43-38(45(55)56)34-14-8-9-16-36(34)51(43)23-30-13-10-12-26(3)48-30/h8-10,12-14,16-18,20-21,27H,11,15,19,22-23H2,1-7H3,(H,55,56)/t27-/m1/s1. The van der Waals surface area contributed by atoms with Gasteiger partial charge in [0, 0.05) is 57.9 Å². The number of amides is 1. The van der Waals surface area contributed by atoms with E-state index in [-0.39, 0.29) is 30.6 Å². The molecule has 0 radical (unpaired) electrons. The number of anilines is 1. The number of rotatable bonds is 10. The van der Waals surface area contributed by atoms with Crippen LogP contribution in [0.2, 0.25) is 10.0 Å². The van der Waals surface area contributed by atoms with Gasteiger partial charge in [-0.25, -0.2) is 4.79 Å². The van der Waals surface area contributed by atoms with Gasteiger partial charge in [-0.2, -0.15) is 5.10 Å². The second-order valence-electron chi connectivity index (χ2n) is 15.2. The average molecular weight is 804 g/mol. The van der Waals surface area contributed by atoms with Crippen LogP contribution in [0, 0.1) is 34.6 Å². The summed E-state index contributed by atoms with van der Waals surface area (Å²) in [6, 6.07) is 20.7. The molecule has 7 aromatic rings. The molecule has 0 saturated carbocycles. The Morgan fingerprint density at radius 2 is 1.68 bits per heavy atom. The van der Waals surface area contributed by atoms with Crippen molar-refractivity contribution in [1.29, 1.82) is 0 Å². The molecule has 10 nitrogen and oxygen atoms in total. The highest BCUT2D eigenvalue weighted by atomic mass is 35.5. The molecule has 1 aliphatic rings. The number of hydrogen-bond donors (Lipinski definition) is 1. The Labute approximate surface area is 341 Å². The van der Waals surface area contributed by atoms with E-state index in [1.165, 1.54) is 0 Å². The van der Waals surface area contributed by atoms with Crippen molar-refractivity contribution in [1.82, 2.24) is 23.9 Å². The second-order valence-corrected chi connectivity index (χ2v) is 15.9.